The number of aryl methyl sites for hydroxylation is 1. The molecule has 1 saturated heterocycles. The maximum atomic E-state index is 13.5. The molecule has 34 heavy (non-hydrogen) atoms. The number of carbonyl (C=O) groups is 2. The Morgan fingerprint density at radius 1 is 1.06 bits per heavy atom. The Morgan fingerprint density at radius 3 is 2.59 bits per heavy atom. The fraction of sp³-hybridized carbons (Fsp3) is 0.357. The summed E-state index contributed by atoms with van der Waals surface area (Å²) in [6.07, 6.45) is 6.23. The summed E-state index contributed by atoms with van der Waals surface area (Å²) in [7, 11) is 0. The molecule has 6 nitrogen and oxygen atoms in total. The number of benzene rings is 2. The van der Waals surface area contributed by atoms with Crippen LogP contribution in [0.3, 0.4) is 0 Å². The zero-order valence-corrected chi connectivity index (χ0v) is 20.1. The molecule has 2 amide bonds. The Morgan fingerprint density at radius 2 is 1.82 bits per heavy atom. The van der Waals surface area contributed by atoms with Gasteiger partial charge in [0.2, 0.25) is 11.8 Å². The average molecular weight is 457 g/mol. The smallest absolute Gasteiger partial charge is 0.248 e. The monoisotopic (exact) mass is 456 g/mol. The predicted molar refractivity (Wildman–Crippen MR) is 132 cm³/mol. The second kappa shape index (κ2) is 10.2. The highest BCUT2D eigenvalue weighted by Crippen LogP contribution is 2.32. The Bertz CT molecular complexity index is 1160. The molecular formula is C28H32N4O2. The lowest BCUT2D eigenvalue weighted by atomic mass is 10.0. The van der Waals surface area contributed by atoms with Crippen molar-refractivity contribution in [3.8, 4) is 0 Å². The standard InChI is InChI=1S/C28H32N4O2/c1-20-9-7-12-22(15-20)16-23-18-29-19-24(30-23)25-13-8-14-32(25)27(34)28(2,3)31-26(33)17-21-10-5-4-6-11-21/h4-7,9-12,15,18-19,25H,8,13-14,16-17H2,1-3H3,(H,31,33)/t25-/m0/s1. The van der Waals surface area contributed by atoms with Gasteiger partial charge in [-0.05, 0) is 44.7 Å². The molecule has 3 aromatic rings. The van der Waals surface area contributed by atoms with Gasteiger partial charge >= 0.3 is 0 Å². The number of hydrogen-bond donors (Lipinski definition) is 1. The van der Waals surface area contributed by atoms with E-state index in [9.17, 15) is 9.59 Å². The van der Waals surface area contributed by atoms with Crippen molar-refractivity contribution >= 4 is 11.8 Å². The molecule has 1 N–H and O–H groups in total. The topological polar surface area (TPSA) is 75.2 Å². The Kier molecular flexibility index (Phi) is 7.06. The van der Waals surface area contributed by atoms with Crippen LogP contribution in [-0.2, 0) is 22.4 Å². The van der Waals surface area contributed by atoms with Crippen LogP contribution in [0.5, 0.6) is 0 Å². The van der Waals surface area contributed by atoms with E-state index in [4.69, 9.17) is 4.98 Å². The van der Waals surface area contributed by atoms with E-state index in [2.05, 4.69) is 35.4 Å². The molecular weight excluding hydrogens is 424 g/mol. The van der Waals surface area contributed by atoms with Gasteiger partial charge < -0.3 is 10.2 Å². The summed E-state index contributed by atoms with van der Waals surface area (Å²) < 4.78 is 0. The highest BCUT2D eigenvalue weighted by molar-refractivity contribution is 5.91. The fourth-order valence-corrected chi connectivity index (χ4v) is 4.60. The first-order valence-electron chi connectivity index (χ1n) is 11.8. The lowest BCUT2D eigenvalue weighted by molar-refractivity contribution is -0.141. The Balaban J connectivity index is 1.46. The van der Waals surface area contributed by atoms with Crippen LogP contribution in [0.1, 0.15) is 60.8 Å². The van der Waals surface area contributed by atoms with E-state index >= 15 is 0 Å². The van der Waals surface area contributed by atoms with Gasteiger partial charge in [0.15, 0.2) is 0 Å². The molecule has 2 aromatic carbocycles. The van der Waals surface area contributed by atoms with Crippen LogP contribution in [-0.4, -0.2) is 38.8 Å². The van der Waals surface area contributed by atoms with Gasteiger partial charge in [0.25, 0.3) is 0 Å². The normalized spacial score (nSPS) is 15.9. The number of aromatic nitrogens is 2. The van der Waals surface area contributed by atoms with Crippen LogP contribution in [0, 0.1) is 6.92 Å². The highest BCUT2D eigenvalue weighted by Gasteiger charge is 2.39. The zero-order chi connectivity index (χ0) is 24.1. The highest BCUT2D eigenvalue weighted by atomic mass is 16.2. The molecule has 6 heteroatoms. The van der Waals surface area contributed by atoms with E-state index in [1.54, 1.807) is 26.2 Å². The number of carbonyl (C=O) groups excluding carboxylic acids is 2. The van der Waals surface area contributed by atoms with Crippen molar-refractivity contribution in [3.05, 3.63) is 95.1 Å². The molecule has 0 aliphatic carbocycles. The van der Waals surface area contributed by atoms with Crippen molar-refractivity contribution < 1.29 is 9.59 Å². The predicted octanol–water partition coefficient (Wildman–Crippen LogP) is 4.18. The molecule has 1 aliphatic heterocycles. The maximum Gasteiger partial charge on any atom is 0.248 e. The maximum absolute atomic E-state index is 13.5. The number of hydrogen-bond acceptors (Lipinski definition) is 4. The number of nitrogens with zero attached hydrogens (tertiary/aromatic N) is 3. The molecule has 176 valence electrons. The molecule has 0 unspecified atom stereocenters. The molecule has 0 radical (unpaired) electrons. The molecule has 1 aromatic heterocycles. The zero-order valence-electron chi connectivity index (χ0n) is 20.1. The van der Waals surface area contributed by atoms with Crippen LogP contribution >= 0.6 is 0 Å². The van der Waals surface area contributed by atoms with Gasteiger partial charge in [-0.25, -0.2) is 0 Å². The molecule has 0 bridgehead atoms. The van der Waals surface area contributed by atoms with Gasteiger partial charge in [-0.3, -0.25) is 19.6 Å². The first-order chi connectivity index (χ1) is 16.3. The molecule has 1 fully saturated rings. The van der Waals surface area contributed by atoms with E-state index < -0.39 is 5.54 Å². The average Bonchev–Trinajstić information content (AvgIpc) is 3.29. The summed E-state index contributed by atoms with van der Waals surface area (Å²) in [5, 5.41) is 2.94. The summed E-state index contributed by atoms with van der Waals surface area (Å²) in [6.45, 7) is 6.26. The molecule has 2 heterocycles. The van der Waals surface area contributed by atoms with E-state index in [0.717, 1.165) is 29.8 Å². The van der Waals surface area contributed by atoms with Crippen molar-refractivity contribution in [2.24, 2.45) is 0 Å². The lowest BCUT2D eigenvalue weighted by Crippen LogP contribution is -2.56. The van der Waals surface area contributed by atoms with E-state index in [1.807, 2.05) is 41.3 Å². The number of nitrogens with one attached hydrogen (secondary N) is 1. The Hall–Kier alpha value is -3.54. The summed E-state index contributed by atoms with van der Waals surface area (Å²) in [6, 6.07) is 17.8. The second-order valence-corrected chi connectivity index (χ2v) is 9.59. The minimum Gasteiger partial charge on any atom is -0.342 e. The van der Waals surface area contributed by atoms with Gasteiger partial charge in [-0.2, -0.15) is 0 Å². The minimum atomic E-state index is -1.01. The number of rotatable bonds is 7. The first-order valence-corrected chi connectivity index (χ1v) is 11.8. The number of amides is 2. The summed E-state index contributed by atoms with van der Waals surface area (Å²) >= 11 is 0. The van der Waals surface area contributed by atoms with Gasteiger partial charge in [0, 0.05) is 19.2 Å². The summed E-state index contributed by atoms with van der Waals surface area (Å²) in [5.74, 6) is -0.262. The largest absolute Gasteiger partial charge is 0.342 e. The minimum absolute atomic E-state index is 0.0951. The third kappa shape index (κ3) is 5.68. The quantitative estimate of drug-likeness (QED) is 0.579. The lowest BCUT2D eigenvalue weighted by Gasteiger charge is -2.33. The van der Waals surface area contributed by atoms with Gasteiger partial charge in [0.05, 0.1) is 30.0 Å². The Labute approximate surface area is 201 Å². The summed E-state index contributed by atoms with van der Waals surface area (Å²) in [5.41, 5.74) is 4.00. The second-order valence-electron chi connectivity index (χ2n) is 9.59. The first kappa shape index (κ1) is 23.6. The van der Waals surface area contributed by atoms with Crippen LogP contribution in [0.4, 0.5) is 0 Å². The molecule has 4 rings (SSSR count). The van der Waals surface area contributed by atoms with Crippen molar-refractivity contribution in [1.29, 1.82) is 0 Å². The van der Waals surface area contributed by atoms with Crippen molar-refractivity contribution in [3.63, 3.8) is 0 Å². The van der Waals surface area contributed by atoms with Gasteiger partial charge in [-0.15, -0.1) is 0 Å². The summed E-state index contributed by atoms with van der Waals surface area (Å²) in [4.78, 5) is 37.3. The van der Waals surface area contributed by atoms with Crippen LogP contribution < -0.4 is 5.32 Å². The van der Waals surface area contributed by atoms with E-state index in [-0.39, 0.29) is 24.3 Å². The third-order valence-corrected chi connectivity index (χ3v) is 6.22. The van der Waals surface area contributed by atoms with Crippen molar-refractivity contribution in [2.75, 3.05) is 6.54 Å². The van der Waals surface area contributed by atoms with Gasteiger partial charge in [0.1, 0.15) is 5.54 Å². The van der Waals surface area contributed by atoms with Crippen molar-refractivity contribution in [2.45, 2.75) is 58.0 Å². The molecule has 0 saturated carbocycles. The van der Waals surface area contributed by atoms with Crippen molar-refractivity contribution in [1.82, 2.24) is 20.2 Å². The third-order valence-electron chi connectivity index (χ3n) is 6.22. The van der Waals surface area contributed by atoms with Gasteiger partial charge in [-0.1, -0.05) is 60.2 Å². The van der Waals surface area contributed by atoms with Crippen LogP contribution in [0.15, 0.2) is 67.0 Å². The number of likely N-dealkylation sites (tertiary alicyclic amines) is 1. The molecule has 1 aliphatic rings. The fourth-order valence-electron chi connectivity index (χ4n) is 4.60. The van der Waals surface area contributed by atoms with E-state index in [1.165, 1.54) is 11.1 Å². The van der Waals surface area contributed by atoms with E-state index in [0.29, 0.717) is 13.0 Å². The van der Waals surface area contributed by atoms with Crippen LogP contribution in [0.25, 0.3) is 0 Å². The van der Waals surface area contributed by atoms with Crippen LogP contribution in [0.2, 0.25) is 0 Å². The SMILES string of the molecule is Cc1cccc(Cc2cncc([C@@H]3CCCN3C(=O)C(C)(C)NC(=O)Cc3ccccc3)n2)c1. The molecule has 1 atom stereocenters. The molecule has 0 spiro atoms.